The summed E-state index contributed by atoms with van der Waals surface area (Å²) < 4.78 is 5.26. The molecule has 3 aromatic rings. The number of fused-ring (bicyclic) bond motifs is 1. The van der Waals surface area contributed by atoms with E-state index in [0.29, 0.717) is 41.1 Å². The van der Waals surface area contributed by atoms with Gasteiger partial charge in [-0.1, -0.05) is 46.7 Å². The maximum atomic E-state index is 12.6. The number of ether oxygens (including phenoxy) is 1. The van der Waals surface area contributed by atoms with Gasteiger partial charge in [-0.05, 0) is 24.6 Å². The van der Waals surface area contributed by atoms with Crippen molar-refractivity contribution in [1.82, 2.24) is 15.3 Å². The molecular formula is C23H23Cl2LiN4O4S. The van der Waals surface area contributed by atoms with Crippen LogP contribution in [-0.2, 0) is 6.42 Å². The molecule has 0 bridgehead atoms. The Morgan fingerprint density at radius 1 is 1.31 bits per heavy atom. The van der Waals surface area contributed by atoms with Gasteiger partial charge in [-0.15, -0.1) is 0 Å². The number of aryl methyl sites for hydroxylation is 1. The molecule has 3 atom stereocenters. The average Bonchev–Trinajstić information content (AvgIpc) is 3.18. The summed E-state index contributed by atoms with van der Waals surface area (Å²) in [6.07, 6.45) is 0.410. The normalized spacial score (nSPS) is 20.2. The minimum absolute atomic E-state index is 0. The summed E-state index contributed by atoms with van der Waals surface area (Å²) in [7, 11) is 1.60. The van der Waals surface area contributed by atoms with E-state index in [9.17, 15) is 14.7 Å². The maximum Gasteiger partial charge on any atom is 1.00 e. The molecule has 180 valence electrons. The molecule has 3 heterocycles. The SMILES string of the molecule is COc1cccc(Cc2nc(N3C[C@@H]4C(NC(=O)c5[nH]c(C)c(Cl)c5Cl)[C@@H]4C3)sc2C(=O)O)c1.[H-].[Li+]. The molecule has 1 saturated carbocycles. The van der Waals surface area contributed by atoms with E-state index in [1.165, 1.54) is 11.3 Å². The smallest absolute Gasteiger partial charge is 1.00 e. The number of carboxylic acids is 1. The molecule has 5 rings (SSSR count). The first-order chi connectivity index (χ1) is 16.3. The molecule has 1 unspecified atom stereocenters. The van der Waals surface area contributed by atoms with Crippen molar-refractivity contribution >= 4 is 51.5 Å². The van der Waals surface area contributed by atoms with Gasteiger partial charge in [0.2, 0.25) is 0 Å². The predicted molar refractivity (Wildman–Crippen MR) is 132 cm³/mol. The molecule has 12 heteroatoms. The first kappa shape index (κ1) is 25.9. The quantitative estimate of drug-likeness (QED) is 0.400. The number of rotatable bonds is 7. The number of carbonyl (C=O) groups excluding carboxylic acids is 1. The van der Waals surface area contributed by atoms with Crippen molar-refractivity contribution in [3.63, 3.8) is 0 Å². The van der Waals surface area contributed by atoms with Gasteiger partial charge in [0.15, 0.2) is 5.13 Å². The van der Waals surface area contributed by atoms with Crippen LogP contribution in [0.5, 0.6) is 5.75 Å². The van der Waals surface area contributed by atoms with Crippen LogP contribution in [0.25, 0.3) is 0 Å². The molecule has 2 fully saturated rings. The minimum atomic E-state index is -0.979. The Kier molecular flexibility index (Phi) is 7.46. The number of nitrogens with zero attached hydrogens (tertiary/aromatic N) is 2. The number of piperidine rings is 1. The summed E-state index contributed by atoms with van der Waals surface area (Å²) in [6.45, 7) is 3.18. The van der Waals surface area contributed by atoms with Crippen LogP contribution in [0.2, 0.25) is 10.0 Å². The number of hydrogen-bond donors (Lipinski definition) is 3. The van der Waals surface area contributed by atoms with Gasteiger partial charge in [0, 0.05) is 43.1 Å². The van der Waals surface area contributed by atoms with Gasteiger partial charge >= 0.3 is 24.8 Å². The third-order valence-electron chi connectivity index (χ3n) is 6.43. The van der Waals surface area contributed by atoms with Crippen LogP contribution in [0.1, 0.15) is 38.5 Å². The zero-order valence-electron chi connectivity index (χ0n) is 20.4. The number of methoxy groups -OCH3 is 1. The van der Waals surface area contributed by atoms with Crippen molar-refractivity contribution in [2.45, 2.75) is 19.4 Å². The Balaban J connectivity index is 0.00000180. The third kappa shape index (κ3) is 4.93. The summed E-state index contributed by atoms with van der Waals surface area (Å²) in [5.74, 6) is 0.0408. The molecule has 0 radical (unpaired) electrons. The van der Waals surface area contributed by atoms with Crippen LogP contribution in [0.3, 0.4) is 0 Å². The van der Waals surface area contributed by atoms with Crippen molar-refractivity contribution < 1.29 is 39.7 Å². The first-order valence-electron chi connectivity index (χ1n) is 10.7. The number of thiazole rings is 1. The zero-order valence-corrected chi connectivity index (χ0v) is 21.7. The summed E-state index contributed by atoms with van der Waals surface area (Å²) in [6, 6.07) is 7.58. The van der Waals surface area contributed by atoms with E-state index in [1.54, 1.807) is 14.0 Å². The molecule has 0 spiro atoms. The number of aromatic amines is 1. The number of aromatic nitrogens is 2. The van der Waals surface area contributed by atoms with Crippen molar-refractivity contribution in [1.29, 1.82) is 0 Å². The van der Waals surface area contributed by atoms with Gasteiger partial charge in [0.25, 0.3) is 5.91 Å². The largest absolute Gasteiger partial charge is 1.00 e. The first-order valence-corrected chi connectivity index (χ1v) is 12.3. The fourth-order valence-corrected chi connectivity index (χ4v) is 5.94. The summed E-state index contributed by atoms with van der Waals surface area (Å²) in [4.78, 5) is 34.4. The van der Waals surface area contributed by atoms with E-state index in [1.807, 2.05) is 24.3 Å². The second kappa shape index (κ2) is 10.1. The maximum absolute atomic E-state index is 12.6. The summed E-state index contributed by atoms with van der Waals surface area (Å²) >= 11 is 13.4. The number of carbonyl (C=O) groups is 2. The molecule has 1 aromatic carbocycles. The Labute approximate surface area is 229 Å². The van der Waals surface area contributed by atoms with E-state index in [4.69, 9.17) is 27.9 Å². The number of anilines is 1. The molecular weight excluding hydrogens is 506 g/mol. The predicted octanol–water partition coefficient (Wildman–Crippen LogP) is 1.37. The van der Waals surface area contributed by atoms with E-state index < -0.39 is 5.97 Å². The third-order valence-corrected chi connectivity index (χ3v) is 8.52. The average molecular weight is 529 g/mol. The standard InChI is InChI=1S/C23H22Cl2N4O4S.Li.H/c1-10-16(24)17(25)19(26-10)21(30)28-18-13-8-29(9-14(13)18)23-27-15(20(34-23)22(31)32)7-11-4-3-5-12(6-11)33-2;;/h3-6,13-14,18,26H,7-9H2,1-2H3,(H,28,30)(H,31,32);;/q;+1;-1/t13-,14+,18?;;. The number of amides is 1. The Morgan fingerprint density at radius 2 is 2.03 bits per heavy atom. The number of benzene rings is 1. The second-order valence-electron chi connectivity index (χ2n) is 8.59. The topological polar surface area (TPSA) is 108 Å². The van der Waals surface area contributed by atoms with Gasteiger partial charge in [-0.2, -0.15) is 0 Å². The number of nitrogens with one attached hydrogen (secondary N) is 2. The molecule has 2 aliphatic rings. The Bertz CT molecular complexity index is 1290. The van der Waals surface area contributed by atoms with Gasteiger partial charge in [-0.25, -0.2) is 9.78 Å². The number of halogens is 2. The van der Waals surface area contributed by atoms with Crippen LogP contribution in [0.15, 0.2) is 24.3 Å². The summed E-state index contributed by atoms with van der Waals surface area (Å²) in [5.41, 5.74) is 2.41. The van der Waals surface area contributed by atoms with Crippen LogP contribution < -0.4 is 33.8 Å². The molecule has 2 aromatic heterocycles. The molecule has 1 aliphatic heterocycles. The van der Waals surface area contributed by atoms with E-state index in [0.717, 1.165) is 11.3 Å². The molecule has 1 aliphatic carbocycles. The molecule has 1 saturated heterocycles. The van der Waals surface area contributed by atoms with Crippen molar-refractivity contribution in [2.75, 3.05) is 25.1 Å². The monoisotopic (exact) mass is 528 g/mol. The van der Waals surface area contributed by atoms with Crippen molar-refractivity contribution in [2.24, 2.45) is 11.8 Å². The van der Waals surface area contributed by atoms with Gasteiger partial charge < -0.3 is 26.5 Å². The summed E-state index contributed by atoms with van der Waals surface area (Å²) in [5, 5.41) is 14.0. The van der Waals surface area contributed by atoms with E-state index >= 15 is 0 Å². The van der Waals surface area contributed by atoms with E-state index in [-0.39, 0.29) is 59.7 Å². The minimum Gasteiger partial charge on any atom is -1.00 e. The van der Waals surface area contributed by atoms with Crippen molar-refractivity contribution in [3.05, 3.63) is 61.8 Å². The second-order valence-corrected chi connectivity index (χ2v) is 10.3. The zero-order chi connectivity index (χ0) is 24.1. The van der Waals surface area contributed by atoms with Gasteiger partial charge in [-0.3, -0.25) is 4.79 Å². The Morgan fingerprint density at radius 3 is 2.63 bits per heavy atom. The molecule has 1 amide bonds. The van der Waals surface area contributed by atoms with Crippen molar-refractivity contribution in [3.8, 4) is 5.75 Å². The molecule has 35 heavy (non-hydrogen) atoms. The Hall–Kier alpha value is -2.15. The molecule has 3 N–H and O–H groups in total. The van der Waals surface area contributed by atoms with Crippen LogP contribution in [0, 0.1) is 18.8 Å². The van der Waals surface area contributed by atoms with Crippen LogP contribution in [0.4, 0.5) is 5.13 Å². The van der Waals surface area contributed by atoms with Gasteiger partial charge in [0.05, 0.1) is 22.8 Å². The fraction of sp³-hybridized carbons (Fsp3) is 0.348. The van der Waals surface area contributed by atoms with E-state index in [2.05, 4.69) is 20.2 Å². The number of hydrogen-bond acceptors (Lipinski definition) is 6. The van der Waals surface area contributed by atoms with Crippen LogP contribution in [-0.4, -0.2) is 53.2 Å². The number of carboxylic acid groups (broad SMARTS) is 1. The fourth-order valence-electron chi connectivity index (χ4n) is 4.59. The molecule has 8 nitrogen and oxygen atoms in total. The van der Waals surface area contributed by atoms with Crippen LogP contribution >= 0.6 is 34.5 Å². The number of aromatic carboxylic acids is 1. The van der Waals surface area contributed by atoms with Gasteiger partial charge in [0.1, 0.15) is 16.3 Å². The number of H-pyrrole nitrogens is 1.